The van der Waals surface area contributed by atoms with Crippen molar-refractivity contribution in [3.63, 3.8) is 0 Å². The molecule has 1 unspecified atom stereocenters. The van der Waals surface area contributed by atoms with E-state index in [2.05, 4.69) is 18.6 Å². The first kappa shape index (κ1) is 18.0. The second kappa shape index (κ2) is 7.27. The molecule has 0 spiro atoms. The van der Waals surface area contributed by atoms with Gasteiger partial charge in [0.1, 0.15) is 0 Å². The van der Waals surface area contributed by atoms with E-state index in [0.29, 0.717) is 17.2 Å². The number of nitrogens with two attached hydrogens (primary N) is 1. The summed E-state index contributed by atoms with van der Waals surface area (Å²) in [5.74, 6) is 0.646. The summed E-state index contributed by atoms with van der Waals surface area (Å²) in [6.45, 7) is 9.85. The minimum absolute atomic E-state index is 0.0742. The number of hydrogen-bond donors (Lipinski definition) is 2. The van der Waals surface area contributed by atoms with Crippen LogP contribution in [0.2, 0.25) is 0 Å². The van der Waals surface area contributed by atoms with Gasteiger partial charge in [-0.3, -0.25) is 0 Å². The highest BCUT2D eigenvalue weighted by Gasteiger charge is 2.21. The van der Waals surface area contributed by atoms with Crippen LogP contribution in [0, 0.1) is 19.8 Å². The van der Waals surface area contributed by atoms with E-state index in [0.717, 1.165) is 24.8 Å². The van der Waals surface area contributed by atoms with Crippen LogP contribution in [0.5, 0.6) is 0 Å². The van der Waals surface area contributed by atoms with Crippen LogP contribution in [0.4, 0.5) is 5.69 Å². The largest absolute Gasteiger partial charge is 0.398 e. The predicted octanol–water partition coefficient (Wildman–Crippen LogP) is 3.38. The van der Waals surface area contributed by atoms with Crippen molar-refractivity contribution < 1.29 is 8.42 Å². The van der Waals surface area contributed by atoms with Gasteiger partial charge in [0.2, 0.25) is 10.0 Å². The molecule has 0 aliphatic rings. The molecule has 1 atom stereocenters. The fourth-order valence-electron chi connectivity index (χ4n) is 2.35. The van der Waals surface area contributed by atoms with E-state index in [9.17, 15) is 8.42 Å². The molecule has 5 heteroatoms. The monoisotopic (exact) mass is 312 g/mol. The average molecular weight is 312 g/mol. The molecule has 4 nitrogen and oxygen atoms in total. The topological polar surface area (TPSA) is 72.2 Å². The minimum Gasteiger partial charge on any atom is -0.398 e. The first-order chi connectivity index (χ1) is 9.63. The SMILES string of the molecule is Cc1cc(N)c(C)c(S(=O)(=O)NC(C)CCCC(C)C)c1. The van der Waals surface area contributed by atoms with Gasteiger partial charge in [-0.1, -0.05) is 26.7 Å². The molecule has 0 heterocycles. The maximum absolute atomic E-state index is 12.5. The smallest absolute Gasteiger partial charge is 0.241 e. The van der Waals surface area contributed by atoms with Gasteiger partial charge in [-0.25, -0.2) is 13.1 Å². The Morgan fingerprint density at radius 2 is 1.76 bits per heavy atom. The second-order valence-corrected chi connectivity index (χ2v) is 8.01. The van der Waals surface area contributed by atoms with Gasteiger partial charge < -0.3 is 5.73 Å². The summed E-state index contributed by atoms with van der Waals surface area (Å²) in [6, 6.07) is 3.39. The van der Waals surface area contributed by atoms with Crippen LogP contribution < -0.4 is 10.5 Å². The molecule has 1 aromatic carbocycles. The van der Waals surface area contributed by atoms with E-state index in [4.69, 9.17) is 5.73 Å². The Balaban J connectivity index is 2.82. The summed E-state index contributed by atoms with van der Waals surface area (Å²) >= 11 is 0. The van der Waals surface area contributed by atoms with E-state index in [-0.39, 0.29) is 10.9 Å². The molecule has 0 fully saturated rings. The first-order valence-electron chi connectivity index (χ1n) is 7.52. The molecule has 1 aromatic rings. The molecule has 21 heavy (non-hydrogen) atoms. The lowest BCUT2D eigenvalue weighted by molar-refractivity contribution is 0.488. The Kier molecular flexibility index (Phi) is 6.23. The van der Waals surface area contributed by atoms with Crippen molar-refractivity contribution in [2.24, 2.45) is 5.92 Å². The fourth-order valence-corrected chi connectivity index (χ4v) is 3.99. The molecular weight excluding hydrogens is 284 g/mol. The van der Waals surface area contributed by atoms with Crippen molar-refractivity contribution in [1.29, 1.82) is 0 Å². The van der Waals surface area contributed by atoms with Gasteiger partial charge in [-0.2, -0.15) is 0 Å². The van der Waals surface area contributed by atoms with E-state index >= 15 is 0 Å². The van der Waals surface area contributed by atoms with Gasteiger partial charge in [0.25, 0.3) is 0 Å². The Bertz CT molecular complexity index is 580. The molecule has 0 saturated carbocycles. The number of nitrogens with one attached hydrogen (secondary N) is 1. The first-order valence-corrected chi connectivity index (χ1v) is 9.01. The predicted molar refractivity (Wildman–Crippen MR) is 88.8 cm³/mol. The zero-order chi connectivity index (χ0) is 16.2. The lowest BCUT2D eigenvalue weighted by Gasteiger charge is -2.17. The van der Waals surface area contributed by atoms with Crippen molar-refractivity contribution in [2.75, 3.05) is 5.73 Å². The number of nitrogen functional groups attached to an aromatic ring is 1. The standard InChI is InChI=1S/C16H28N2O2S/c1-11(2)7-6-8-13(4)18-21(19,20)16-10-12(3)9-15(17)14(16)5/h9-11,13,18H,6-8,17H2,1-5H3. The molecule has 0 aliphatic carbocycles. The van der Waals surface area contributed by atoms with E-state index in [1.165, 1.54) is 0 Å². The zero-order valence-corrected chi connectivity index (χ0v) is 14.5. The lowest BCUT2D eigenvalue weighted by atomic mass is 10.0. The quantitative estimate of drug-likeness (QED) is 0.758. The normalized spacial score (nSPS) is 13.6. The number of aryl methyl sites for hydroxylation is 1. The Morgan fingerprint density at radius 3 is 2.33 bits per heavy atom. The summed E-state index contributed by atoms with van der Waals surface area (Å²) in [5, 5.41) is 0. The van der Waals surface area contributed by atoms with E-state index < -0.39 is 10.0 Å². The molecular formula is C16H28N2O2S. The molecule has 0 bridgehead atoms. The Labute approximate surface area is 129 Å². The molecule has 3 N–H and O–H groups in total. The number of sulfonamides is 1. The molecule has 120 valence electrons. The van der Waals surface area contributed by atoms with Crippen LogP contribution in [0.3, 0.4) is 0 Å². The van der Waals surface area contributed by atoms with Gasteiger partial charge in [0.05, 0.1) is 4.90 Å². The van der Waals surface area contributed by atoms with Crippen molar-refractivity contribution in [2.45, 2.75) is 64.8 Å². The number of anilines is 1. The molecule has 0 amide bonds. The van der Waals surface area contributed by atoms with Gasteiger partial charge >= 0.3 is 0 Å². The average Bonchev–Trinajstić information content (AvgIpc) is 2.32. The van der Waals surface area contributed by atoms with Crippen molar-refractivity contribution in [3.8, 4) is 0 Å². The number of benzene rings is 1. The van der Waals surface area contributed by atoms with E-state index in [1.54, 1.807) is 19.1 Å². The van der Waals surface area contributed by atoms with Gasteiger partial charge in [-0.15, -0.1) is 0 Å². The third kappa shape index (κ3) is 5.32. The summed E-state index contributed by atoms with van der Waals surface area (Å²) in [7, 11) is -3.52. The molecule has 0 aromatic heterocycles. The van der Waals surface area contributed by atoms with Crippen molar-refractivity contribution in [1.82, 2.24) is 4.72 Å². The number of rotatable bonds is 7. The highest BCUT2D eigenvalue weighted by molar-refractivity contribution is 7.89. The van der Waals surface area contributed by atoms with Crippen LogP contribution in [0.15, 0.2) is 17.0 Å². The Morgan fingerprint density at radius 1 is 1.14 bits per heavy atom. The summed E-state index contributed by atoms with van der Waals surface area (Å²) in [4.78, 5) is 0.288. The third-order valence-corrected chi connectivity index (χ3v) is 5.32. The summed E-state index contributed by atoms with van der Waals surface area (Å²) < 4.78 is 27.8. The van der Waals surface area contributed by atoms with Crippen LogP contribution in [-0.4, -0.2) is 14.5 Å². The maximum atomic E-state index is 12.5. The maximum Gasteiger partial charge on any atom is 0.241 e. The molecule has 0 aliphatic heterocycles. The molecule has 0 saturated heterocycles. The van der Waals surface area contributed by atoms with E-state index in [1.807, 2.05) is 13.8 Å². The summed E-state index contributed by atoms with van der Waals surface area (Å²) in [6.07, 6.45) is 2.98. The van der Waals surface area contributed by atoms with Gasteiger partial charge in [0, 0.05) is 11.7 Å². The van der Waals surface area contributed by atoms with Crippen LogP contribution in [0.1, 0.15) is 51.2 Å². The molecule has 0 radical (unpaired) electrons. The van der Waals surface area contributed by atoms with Crippen LogP contribution in [-0.2, 0) is 10.0 Å². The Hall–Kier alpha value is -1.07. The fraction of sp³-hybridized carbons (Fsp3) is 0.625. The van der Waals surface area contributed by atoms with Crippen LogP contribution in [0.25, 0.3) is 0 Å². The second-order valence-electron chi connectivity index (χ2n) is 6.32. The van der Waals surface area contributed by atoms with Crippen molar-refractivity contribution >= 4 is 15.7 Å². The number of hydrogen-bond acceptors (Lipinski definition) is 3. The van der Waals surface area contributed by atoms with Crippen molar-refractivity contribution in [3.05, 3.63) is 23.3 Å². The van der Waals surface area contributed by atoms with Crippen LogP contribution >= 0.6 is 0 Å². The zero-order valence-electron chi connectivity index (χ0n) is 13.7. The van der Waals surface area contributed by atoms with Gasteiger partial charge in [-0.05, 0) is 56.4 Å². The molecule has 1 rings (SSSR count). The third-order valence-electron chi connectivity index (χ3n) is 3.61. The lowest BCUT2D eigenvalue weighted by Crippen LogP contribution is -2.33. The highest BCUT2D eigenvalue weighted by Crippen LogP contribution is 2.23. The summed E-state index contributed by atoms with van der Waals surface area (Å²) in [5.41, 5.74) is 7.85. The van der Waals surface area contributed by atoms with Gasteiger partial charge in [0.15, 0.2) is 0 Å². The minimum atomic E-state index is -3.52. The highest BCUT2D eigenvalue weighted by atomic mass is 32.2.